The number of rotatable bonds is 16. The quantitative estimate of drug-likeness (QED) is 0.190. The number of carbonyl (C=O) groups excluding carboxylic acids is 5. The first kappa shape index (κ1) is 36.8. The maximum Gasteiger partial charge on any atom is 0.315 e. The lowest BCUT2D eigenvalue weighted by Gasteiger charge is -2.33. The largest absolute Gasteiger partial charge is 0.481 e. The van der Waals surface area contributed by atoms with E-state index in [9.17, 15) is 28.8 Å². The van der Waals surface area contributed by atoms with Gasteiger partial charge in [0.05, 0.1) is 33.0 Å². The van der Waals surface area contributed by atoms with Crippen LogP contribution in [0.3, 0.4) is 0 Å². The number of nitrogens with one attached hydrogen (secondary N) is 3. The standard InChI is InChI=1S/C31H53N5O8/c1-21(2)15-17-35(28(39)20-36(18-16-29(40)41)27(38)13-14-30(42)44-4)19-26(37)32-23-9-11-24(12-10-23)33-31(43)34-25-8-6-5-7-22(25)3/h21-25H,5-20H2,1-4H3,(H,32,37)(H,40,41)(H2,33,34,43). The molecule has 250 valence electrons. The monoisotopic (exact) mass is 623 g/mol. The van der Waals surface area contributed by atoms with E-state index in [1.165, 1.54) is 18.4 Å². The molecule has 0 bridgehead atoms. The summed E-state index contributed by atoms with van der Waals surface area (Å²) in [4.78, 5) is 76.8. The van der Waals surface area contributed by atoms with Gasteiger partial charge in [0.1, 0.15) is 0 Å². The van der Waals surface area contributed by atoms with Crippen molar-refractivity contribution in [1.82, 2.24) is 25.8 Å². The third-order valence-corrected chi connectivity index (χ3v) is 8.56. The first-order valence-corrected chi connectivity index (χ1v) is 16.1. The zero-order chi connectivity index (χ0) is 32.6. The Kier molecular flexibility index (Phi) is 16.0. The third-order valence-electron chi connectivity index (χ3n) is 8.56. The molecule has 2 fully saturated rings. The van der Waals surface area contributed by atoms with Gasteiger partial charge in [0, 0.05) is 37.6 Å². The van der Waals surface area contributed by atoms with Crippen molar-refractivity contribution in [3.8, 4) is 0 Å². The Morgan fingerprint density at radius 1 is 0.773 bits per heavy atom. The highest BCUT2D eigenvalue weighted by atomic mass is 16.5. The van der Waals surface area contributed by atoms with Crippen LogP contribution in [0.5, 0.6) is 0 Å². The molecule has 2 rings (SSSR count). The molecule has 0 aromatic rings. The number of hydrogen-bond acceptors (Lipinski definition) is 7. The molecular weight excluding hydrogens is 570 g/mol. The topological polar surface area (TPSA) is 174 Å². The van der Waals surface area contributed by atoms with E-state index in [1.807, 2.05) is 13.8 Å². The van der Waals surface area contributed by atoms with E-state index in [0.717, 1.165) is 37.0 Å². The number of carboxylic acid groups (broad SMARTS) is 1. The summed E-state index contributed by atoms with van der Waals surface area (Å²) in [6, 6.07) is 0.0512. The van der Waals surface area contributed by atoms with Crippen molar-refractivity contribution in [2.75, 3.05) is 33.3 Å². The van der Waals surface area contributed by atoms with Crippen LogP contribution in [0.1, 0.15) is 97.8 Å². The molecule has 0 radical (unpaired) electrons. The summed E-state index contributed by atoms with van der Waals surface area (Å²) in [5, 5.41) is 18.4. The molecule has 0 spiro atoms. The molecule has 2 atom stereocenters. The maximum absolute atomic E-state index is 13.3. The lowest BCUT2D eigenvalue weighted by atomic mass is 9.86. The number of amides is 5. The van der Waals surface area contributed by atoms with E-state index in [1.54, 1.807) is 0 Å². The van der Waals surface area contributed by atoms with Crippen LogP contribution < -0.4 is 16.0 Å². The van der Waals surface area contributed by atoms with Gasteiger partial charge in [0.2, 0.25) is 17.7 Å². The van der Waals surface area contributed by atoms with Gasteiger partial charge in [-0.1, -0.05) is 33.6 Å². The Balaban J connectivity index is 1.89. The van der Waals surface area contributed by atoms with Crippen LogP contribution in [0.25, 0.3) is 0 Å². The lowest BCUT2D eigenvalue weighted by molar-refractivity contribution is -0.146. The lowest BCUT2D eigenvalue weighted by Crippen LogP contribution is -2.52. The average Bonchev–Trinajstić information content (AvgIpc) is 2.97. The molecule has 4 N–H and O–H groups in total. The second-order valence-corrected chi connectivity index (χ2v) is 12.6. The van der Waals surface area contributed by atoms with Gasteiger partial charge in [-0.2, -0.15) is 0 Å². The molecule has 0 aliphatic heterocycles. The number of urea groups is 1. The molecule has 13 heteroatoms. The van der Waals surface area contributed by atoms with E-state index in [4.69, 9.17) is 5.11 Å². The molecule has 0 aromatic heterocycles. The number of esters is 1. The number of hydrogen-bond donors (Lipinski definition) is 4. The fraction of sp³-hybridized carbons (Fsp3) is 0.806. The minimum atomic E-state index is -1.12. The van der Waals surface area contributed by atoms with Crippen LogP contribution in [-0.4, -0.2) is 102 Å². The number of nitrogens with zero attached hydrogens (tertiary/aromatic N) is 2. The van der Waals surface area contributed by atoms with Crippen molar-refractivity contribution in [2.24, 2.45) is 11.8 Å². The predicted octanol–water partition coefficient (Wildman–Crippen LogP) is 2.42. The molecule has 2 aliphatic carbocycles. The molecule has 0 heterocycles. The van der Waals surface area contributed by atoms with Crippen molar-refractivity contribution in [1.29, 1.82) is 0 Å². The Morgan fingerprint density at radius 3 is 1.98 bits per heavy atom. The Hall–Kier alpha value is -3.38. The van der Waals surface area contributed by atoms with Crippen molar-refractivity contribution >= 4 is 35.7 Å². The zero-order valence-electron chi connectivity index (χ0n) is 26.9. The van der Waals surface area contributed by atoms with Gasteiger partial charge in [0.25, 0.3) is 0 Å². The molecule has 5 amide bonds. The summed E-state index contributed by atoms with van der Waals surface area (Å²) in [6.45, 7) is 5.71. The SMILES string of the molecule is COC(=O)CCC(=O)N(CCC(=O)O)CC(=O)N(CCC(C)C)CC(=O)NC1CCC(NC(=O)NC2CCCCC2C)CC1. The Morgan fingerprint density at radius 2 is 1.39 bits per heavy atom. The molecule has 2 aliphatic rings. The number of aliphatic carboxylic acids is 1. The fourth-order valence-electron chi connectivity index (χ4n) is 5.72. The first-order chi connectivity index (χ1) is 20.9. The molecule has 13 nitrogen and oxygen atoms in total. The highest BCUT2D eigenvalue weighted by Crippen LogP contribution is 2.24. The summed E-state index contributed by atoms with van der Waals surface area (Å²) in [7, 11) is 1.20. The van der Waals surface area contributed by atoms with E-state index in [2.05, 4.69) is 27.6 Å². The van der Waals surface area contributed by atoms with Gasteiger partial charge in [-0.25, -0.2) is 4.79 Å². The van der Waals surface area contributed by atoms with Gasteiger partial charge >= 0.3 is 18.0 Å². The highest BCUT2D eigenvalue weighted by Gasteiger charge is 2.28. The van der Waals surface area contributed by atoms with Gasteiger partial charge < -0.3 is 35.6 Å². The van der Waals surface area contributed by atoms with Crippen LogP contribution in [0.4, 0.5) is 4.79 Å². The first-order valence-electron chi connectivity index (χ1n) is 16.1. The van der Waals surface area contributed by atoms with Gasteiger partial charge in [0.15, 0.2) is 0 Å². The van der Waals surface area contributed by atoms with Crippen LogP contribution >= 0.6 is 0 Å². The second kappa shape index (κ2) is 19.1. The predicted molar refractivity (Wildman–Crippen MR) is 163 cm³/mol. The summed E-state index contributed by atoms with van der Waals surface area (Å²) < 4.78 is 4.57. The van der Waals surface area contributed by atoms with Gasteiger partial charge in [-0.05, 0) is 56.8 Å². The minimum absolute atomic E-state index is 0.0414. The van der Waals surface area contributed by atoms with Crippen LogP contribution in [0, 0.1) is 11.8 Å². The van der Waals surface area contributed by atoms with Crippen molar-refractivity contribution in [3.05, 3.63) is 0 Å². The van der Waals surface area contributed by atoms with E-state index in [-0.39, 0.29) is 68.3 Å². The van der Waals surface area contributed by atoms with Crippen LogP contribution in [0.2, 0.25) is 0 Å². The van der Waals surface area contributed by atoms with Crippen molar-refractivity contribution in [3.63, 3.8) is 0 Å². The number of methoxy groups -OCH3 is 1. The van der Waals surface area contributed by atoms with E-state index >= 15 is 0 Å². The number of ether oxygens (including phenoxy) is 1. The van der Waals surface area contributed by atoms with Crippen LogP contribution in [0.15, 0.2) is 0 Å². The summed E-state index contributed by atoms with van der Waals surface area (Å²) in [6.07, 6.45) is 7.25. The van der Waals surface area contributed by atoms with Crippen LogP contribution in [-0.2, 0) is 28.7 Å². The fourth-order valence-corrected chi connectivity index (χ4v) is 5.72. The summed E-state index contributed by atoms with van der Waals surface area (Å²) in [5.74, 6) is -2.28. The van der Waals surface area contributed by atoms with Crippen molar-refractivity contribution in [2.45, 2.75) is 116 Å². The molecule has 0 aromatic carbocycles. The minimum Gasteiger partial charge on any atom is -0.481 e. The van der Waals surface area contributed by atoms with E-state index < -0.39 is 30.3 Å². The zero-order valence-corrected chi connectivity index (χ0v) is 26.9. The van der Waals surface area contributed by atoms with Crippen molar-refractivity contribution < 1.29 is 38.6 Å². The smallest absolute Gasteiger partial charge is 0.315 e. The average molecular weight is 624 g/mol. The molecule has 2 unspecified atom stereocenters. The summed E-state index contributed by atoms with van der Waals surface area (Å²) in [5.41, 5.74) is 0. The third kappa shape index (κ3) is 13.9. The molecular formula is C31H53N5O8. The molecule has 2 saturated carbocycles. The summed E-state index contributed by atoms with van der Waals surface area (Å²) >= 11 is 0. The highest BCUT2D eigenvalue weighted by molar-refractivity contribution is 5.89. The maximum atomic E-state index is 13.3. The normalized spacial score (nSPS) is 21.6. The van der Waals surface area contributed by atoms with Gasteiger partial charge in [-0.3, -0.25) is 24.0 Å². The second-order valence-electron chi connectivity index (χ2n) is 12.6. The molecule has 0 saturated heterocycles. The Bertz CT molecular complexity index is 982. The number of carbonyl (C=O) groups is 6. The molecule has 44 heavy (non-hydrogen) atoms. The Labute approximate surface area is 261 Å². The van der Waals surface area contributed by atoms with E-state index in [0.29, 0.717) is 31.7 Å². The number of carboxylic acids is 1. The van der Waals surface area contributed by atoms with Gasteiger partial charge in [-0.15, -0.1) is 0 Å².